The highest BCUT2D eigenvalue weighted by Gasteiger charge is 2.35. The van der Waals surface area contributed by atoms with Crippen LogP contribution >= 0.6 is 0 Å². The average molecular weight is 304 g/mol. The Morgan fingerprint density at radius 1 is 1.23 bits per heavy atom. The van der Waals surface area contributed by atoms with Crippen LogP contribution in [-0.4, -0.2) is 36.7 Å². The van der Waals surface area contributed by atoms with Crippen molar-refractivity contribution in [1.82, 2.24) is 10.2 Å². The molecule has 124 valence electrons. The molecule has 1 aromatic rings. The molecular weight excluding hydrogens is 272 g/mol. The van der Waals surface area contributed by atoms with Crippen LogP contribution in [0, 0.1) is 0 Å². The summed E-state index contributed by atoms with van der Waals surface area (Å²) >= 11 is 0. The predicted octanol–water partition coefficient (Wildman–Crippen LogP) is 4.00. The average Bonchev–Trinajstić information content (AvgIpc) is 2.55. The van der Waals surface area contributed by atoms with Gasteiger partial charge < -0.3 is 15.0 Å². The van der Waals surface area contributed by atoms with Crippen LogP contribution in [0.2, 0.25) is 0 Å². The van der Waals surface area contributed by atoms with E-state index in [9.17, 15) is 0 Å². The summed E-state index contributed by atoms with van der Waals surface area (Å²) in [6, 6.07) is 8.89. The van der Waals surface area contributed by atoms with E-state index >= 15 is 0 Å². The van der Waals surface area contributed by atoms with Gasteiger partial charge in [-0.15, -0.1) is 0 Å². The maximum absolute atomic E-state index is 6.23. The van der Waals surface area contributed by atoms with E-state index in [2.05, 4.69) is 62.2 Å². The monoisotopic (exact) mass is 304 g/mol. The molecule has 0 amide bonds. The highest BCUT2D eigenvalue weighted by atomic mass is 16.5. The molecule has 3 nitrogen and oxygen atoms in total. The van der Waals surface area contributed by atoms with E-state index in [4.69, 9.17) is 4.74 Å². The van der Waals surface area contributed by atoms with E-state index in [-0.39, 0.29) is 5.60 Å². The number of hydrogen-bond donors (Lipinski definition) is 1. The Balaban J connectivity index is 1.95. The van der Waals surface area contributed by atoms with Crippen molar-refractivity contribution in [3.8, 4) is 5.75 Å². The lowest BCUT2D eigenvalue weighted by Crippen LogP contribution is -2.41. The summed E-state index contributed by atoms with van der Waals surface area (Å²) in [7, 11) is 0. The molecule has 0 spiro atoms. The third kappa shape index (κ3) is 4.23. The number of rotatable bonds is 8. The number of nitrogens with one attached hydrogen (secondary N) is 1. The second-order valence-corrected chi connectivity index (χ2v) is 6.53. The Kier molecular flexibility index (Phi) is 6.27. The summed E-state index contributed by atoms with van der Waals surface area (Å²) < 4.78 is 6.23. The van der Waals surface area contributed by atoms with Crippen molar-refractivity contribution in [3.63, 3.8) is 0 Å². The molecule has 1 aliphatic heterocycles. The second kappa shape index (κ2) is 7.98. The molecule has 1 aromatic carbocycles. The maximum Gasteiger partial charge on any atom is 0.124 e. The lowest BCUT2D eigenvalue weighted by atomic mass is 9.86. The maximum atomic E-state index is 6.23. The molecule has 0 radical (unpaired) electrons. The highest BCUT2D eigenvalue weighted by Crippen LogP contribution is 2.40. The molecule has 0 aromatic heterocycles. The van der Waals surface area contributed by atoms with Crippen molar-refractivity contribution in [2.75, 3.05) is 26.2 Å². The molecule has 0 saturated carbocycles. The number of benzene rings is 1. The number of nitrogens with zero attached hydrogens (tertiary/aromatic N) is 1. The van der Waals surface area contributed by atoms with E-state index < -0.39 is 0 Å². The molecule has 2 unspecified atom stereocenters. The standard InChI is InChI=1S/C19H32N2O/c1-5-19(4)15-17(16-11-8-9-12-18(16)22-19)20-13-10-14-21(6-2)7-3/h8-9,11-12,17,20H,5-7,10,13-15H2,1-4H3. The lowest BCUT2D eigenvalue weighted by Gasteiger charge is -2.40. The van der Waals surface area contributed by atoms with Crippen LogP contribution in [0.3, 0.4) is 0 Å². The van der Waals surface area contributed by atoms with Gasteiger partial charge in [0.25, 0.3) is 0 Å². The van der Waals surface area contributed by atoms with Crippen molar-refractivity contribution in [3.05, 3.63) is 29.8 Å². The SMILES string of the molecule is CCN(CC)CCCNC1CC(C)(CC)Oc2ccccc21. The Labute approximate surface area is 136 Å². The molecule has 0 bridgehead atoms. The molecule has 1 N–H and O–H groups in total. The van der Waals surface area contributed by atoms with Gasteiger partial charge in [-0.25, -0.2) is 0 Å². The highest BCUT2D eigenvalue weighted by molar-refractivity contribution is 5.38. The van der Waals surface area contributed by atoms with Gasteiger partial charge in [-0.1, -0.05) is 39.0 Å². The van der Waals surface area contributed by atoms with E-state index in [1.807, 2.05) is 0 Å². The zero-order valence-corrected chi connectivity index (χ0v) is 14.7. The molecule has 0 saturated heterocycles. The van der Waals surface area contributed by atoms with E-state index in [0.717, 1.165) is 38.2 Å². The summed E-state index contributed by atoms with van der Waals surface area (Å²) in [6.45, 7) is 13.4. The summed E-state index contributed by atoms with van der Waals surface area (Å²) in [5.41, 5.74) is 1.27. The first kappa shape index (κ1) is 17.3. The van der Waals surface area contributed by atoms with Gasteiger partial charge in [0.1, 0.15) is 11.4 Å². The van der Waals surface area contributed by atoms with Crippen molar-refractivity contribution >= 4 is 0 Å². The first-order valence-electron chi connectivity index (χ1n) is 8.85. The van der Waals surface area contributed by atoms with Crippen molar-refractivity contribution < 1.29 is 4.74 Å². The van der Waals surface area contributed by atoms with Crippen LogP contribution in [0.4, 0.5) is 0 Å². The van der Waals surface area contributed by atoms with Crippen LogP contribution < -0.4 is 10.1 Å². The largest absolute Gasteiger partial charge is 0.487 e. The third-order valence-corrected chi connectivity index (χ3v) is 4.97. The van der Waals surface area contributed by atoms with Crippen LogP contribution in [0.1, 0.15) is 58.6 Å². The third-order valence-electron chi connectivity index (χ3n) is 4.97. The van der Waals surface area contributed by atoms with Gasteiger partial charge in [-0.05, 0) is 52.0 Å². The Morgan fingerprint density at radius 3 is 2.64 bits per heavy atom. The van der Waals surface area contributed by atoms with Crippen LogP contribution in [-0.2, 0) is 0 Å². The zero-order chi connectivity index (χ0) is 16.0. The van der Waals surface area contributed by atoms with Crippen LogP contribution in [0.25, 0.3) is 0 Å². The van der Waals surface area contributed by atoms with Crippen LogP contribution in [0.15, 0.2) is 24.3 Å². The van der Waals surface area contributed by atoms with Crippen molar-refractivity contribution in [1.29, 1.82) is 0 Å². The van der Waals surface area contributed by atoms with E-state index in [1.165, 1.54) is 18.5 Å². The second-order valence-electron chi connectivity index (χ2n) is 6.53. The summed E-state index contributed by atoms with van der Waals surface area (Å²) in [5.74, 6) is 1.05. The summed E-state index contributed by atoms with van der Waals surface area (Å²) in [6.07, 6.45) is 3.29. The predicted molar refractivity (Wildman–Crippen MR) is 93.5 cm³/mol. The van der Waals surface area contributed by atoms with Gasteiger partial charge in [0.05, 0.1) is 0 Å². The Hall–Kier alpha value is -1.06. The normalized spacial score (nSPS) is 24.1. The van der Waals surface area contributed by atoms with Crippen molar-refractivity contribution in [2.24, 2.45) is 0 Å². The number of ether oxygens (including phenoxy) is 1. The minimum atomic E-state index is -0.0507. The van der Waals surface area contributed by atoms with Gasteiger partial charge in [-0.3, -0.25) is 0 Å². The number of fused-ring (bicyclic) bond motifs is 1. The van der Waals surface area contributed by atoms with E-state index in [0.29, 0.717) is 6.04 Å². The molecular formula is C19H32N2O. The first-order valence-corrected chi connectivity index (χ1v) is 8.85. The van der Waals surface area contributed by atoms with Crippen LogP contribution in [0.5, 0.6) is 5.75 Å². The molecule has 0 aliphatic carbocycles. The number of hydrogen-bond acceptors (Lipinski definition) is 3. The topological polar surface area (TPSA) is 24.5 Å². The molecule has 1 aliphatic rings. The zero-order valence-electron chi connectivity index (χ0n) is 14.7. The lowest BCUT2D eigenvalue weighted by molar-refractivity contribution is 0.0441. The smallest absolute Gasteiger partial charge is 0.124 e. The van der Waals surface area contributed by atoms with Gasteiger partial charge >= 0.3 is 0 Å². The summed E-state index contributed by atoms with van der Waals surface area (Å²) in [4.78, 5) is 2.48. The fraction of sp³-hybridized carbons (Fsp3) is 0.684. The Bertz CT molecular complexity index is 459. The molecule has 22 heavy (non-hydrogen) atoms. The minimum absolute atomic E-state index is 0.0507. The molecule has 3 heteroatoms. The fourth-order valence-electron chi connectivity index (χ4n) is 3.23. The van der Waals surface area contributed by atoms with Gasteiger partial charge in [0.2, 0.25) is 0 Å². The molecule has 1 heterocycles. The minimum Gasteiger partial charge on any atom is -0.487 e. The summed E-state index contributed by atoms with van der Waals surface area (Å²) in [5, 5.41) is 3.76. The molecule has 2 atom stereocenters. The van der Waals surface area contributed by atoms with Gasteiger partial charge in [0, 0.05) is 18.0 Å². The van der Waals surface area contributed by atoms with Gasteiger partial charge in [0.15, 0.2) is 0 Å². The van der Waals surface area contributed by atoms with Crippen molar-refractivity contribution in [2.45, 2.75) is 58.6 Å². The molecule has 0 fully saturated rings. The first-order chi connectivity index (χ1) is 10.6. The fourth-order valence-corrected chi connectivity index (χ4v) is 3.23. The van der Waals surface area contributed by atoms with E-state index in [1.54, 1.807) is 0 Å². The Morgan fingerprint density at radius 2 is 1.95 bits per heavy atom. The van der Waals surface area contributed by atoms with Gasteiger partial charge in [-0.2, -0.15) is 0 Å². The molecule has 2 rings (SSSR count). The quantitative estimate of drug-likeness (QED) is 0.735. The number of para-hydroxylation sites is 1.